The van der Waals surface area contributed by atoms with E-state index in [2.05, 4.69) is 9.98 Å². The van der Waals surface area contributed by atoms with Crippen molar-refractivity contribution in [3.63, 3.8) is 0 Å². The van der Waals surface area contributed by atoms with Gasteiger partial charge in [0.15, 0.2) is 5.60 Å². The zero-order valence-electron chi connectivity index (χ0n) is 19.8. The lowest BCUT2D eigenvalue weighted by molar-refractivity contribution is -0.234. The van der Waals surface area contributed by atoms with Gasteiger partial charge < -0.3 is 14.8 Å². The number of hydrogen-bond donors (Lipinski definition) is 2. The lowest BCUT2D eigenvalue weighted by Crippen LogP contribution is -2.50. The summed E-state index contributed by atoms with van der Waals surface area (Å²) in [6.07, 6.45) is -3.74. The average molecular weight is 475 g/mol. The van der Waals surface area contributed by atoms with Crippen LogP contribution in [0.15, 0.2) is 58.4 Å². The number of H-pyrrole nitrogens is 1. The molecule has 0 bridgehead atoms. The van der Waals surface area contributed by atoms with Gasteiger partial charge in [-0.3, -0.25) is 9.79 Å². The molecule has 34 heavy (non-hydrogen) atoms. The van der Waals surface area contributed by atoms with Gasteiger partial charge in [0.05, 0.1) is 12.8 Å². The number of aromatic nitrogens is 1. The number of rotatable bonds is 7. The largest absolute Gasteiger partial charge is 0.496 e. The second-order valence-electron chi connectivity index (χ2n) is 9.37. The summed E-state index contributed by atoms with van der Waals surface area (Å²) in [5.41, 5.74) is -3.13. The van der Waals surface area contributed by atoms with Crippen LogP contribution in [0.25, 0.3) is 10.8 Å². The zero-order chi connectivity index (χ0) is 25.3. The van der Waals surface area contributed by atoms with Crippen molar-refractivity contribution >= 4 is 22.7 Å². The fraction of sp³-hybridized carbons (Fsp3) is 0.385. The molecule has 2 N–H and O–H groups in total. The van der Waals surface area contributed by atoms with E-state index in [1.54, 1.807) is 38.1 Å². The van der Waals surface area contributed by atoms with Gasteiger partial charge in [-0.1, -0.05) is 52.0 Å². The highest BCUT2D eigenvalue weighted by Crippen LogP contribution is 2.45. The number of nitrogens with zero attached hydrogens (tertiary/aromatic N) is 1. The zero-order valence-corrected chi connectivity index (χ0v) is 19.8. The van der Waals surface area contributed by atoms with Gasteiger partial charge in [-0.15, -0.1) is 0 Å². The lowest BCUT2D eigenvalue weighted by atomic mass is 9.74. The number of hydrogen-bond acceptors (Lipinski definition) is 4. The molecule has 5 nitrogen and oxygen atoms in total. The number of fused-ring (bicyclic) bond motifs is 1. The molecule has 0 spiro atoms. The first-order valence-corrected chi connectivity index (χ1v) is 10.9. The SMILES string of the molecule is COc1c(C(C)C)cccc1C(C)(C)CC(O)(C=Nc1cccc2c(=O)[nH]ccc12)C(F)(F)F. The number of aliphatic hydroxyl groups is 1. The van der Waals surface area contributed by atoms with E-state index in [-0.39, 0.29) is 17.2 Å². The van der Waals surface area contributed by atoms with Crippen LogP contribution in [0.2, 0.25) is 0 Å². The van der Waals surface area contributed by atoms with Crippen molar-refractivity contribution in [2.75, 3.05) is 7.11 Å². The fourth-order valence-corrected chi connectivity index (χ4v) is 4.25. The standard InChI is InChI=1S/C26H29F3N2O3/c1-16(2)17-8-6-10-20(22(17)34-5)24(3,4)14-25(33,26(27,28)29)15-31-21-11-7-9-19-18(21)12-13-30-23(19)32/h6-13,15-16,33H,14H2,1-5H3,(H,30,32). The number of para-hydroxylation sites is 1. The van der Waals surface area contributed by atoms with Crippen LogP contribution in [0.5, 0.6) is 5.75 Å². The number of aromatic amines is 1. The van der Waals surface area contributed by atoms with Gasteiger partial charge >= 0.3 is 6.18 Å². The summed E-state index contributed by atoms with van der Waals surface area (Å²) >= 11 is 0. The highest BCUT2D eigenvalue weighted by atomic mass is 19.4. The highest BCUT2D eigenvalue weighted by molar-refractivity contribution is 5.93. The maximum Gasteiger partial charge on any atom is 0.422 e. The third-order valence-electron chi connectivity index (χ3n) is 6.01. The van der Waals surface area contributed by atoms with Crippen LogP contribution in [-0.2, 0) is 5.41 Å². The quantitative estimate of drug-likeness (QED) is 0.411. The van der Waals surface area contributed by atoms with Crippen molar-refractivity contribution < 1.29 is 23.0 Å². The van der Waals surface area contributed by atoms with E-state index in [4.69, 9.17) is 4.74 Å². The summed E-state index contributed by atoms with van der Waals surface area (Å²) < 4.78 is 48.2. The molecule has 2 aromatic carbocycles. The number of nitrogens with one attached hydrogen (secondary N) is 1. The molecule has 182 valence electrons. The molecule has 0 aliphatic rings. The van der Waals surface area contributed by atoms with Gasteiger partial charge in [0.25, 0.3) is 5.56 Å². The second-order valence-corrected chi connectivity index (χ2v) is 9.37. The van der Waals surface area contributed by atoms with Gasteiger partial charge in [-0.2, -0.15) is 13.2 Å². The third-order valence-corrected chi connectivity index (χ3v) is 6.01. The molecular formula is C26H29F3N2O3. The van der Waals surface area contributed by atoms with Crippen LogP contribution < -0.4 is 10.3 Å². The van der Waals surface area contributed by atoms with Crippen molar-refractivity contribution in [3.8, 4) is 5.75 Å². The molecule has 3 aromatic rings. The summed E-state index contributed by atoms with van der Waals surface area (Å²) in [6, 6.07) is 11.5. The van der Waals surface area contributed by atoms with Gasteiger partial charge in [0.2, 0.25) is 0 Å². The molecule has 0 saturated carbocycles. The van der Waals surface area contributed by atoms with E-state index in [9.17, 15) is 23.1 Å². The number of aliphatic imine (C=N–C) groups is 1. The van der Waals surface area contributed by atoms with E-state index in [0.717, 1.165) is 5.56 Å². The molecule has 0 amide bonds. The van der Waals surface area contributed by atoms with E-state index >= 15 is 0 Å². The summed E-state index contributed by atoms with van der Waals surface area (Å²) in [5.74, 6) is 0.612. The first-order valence-electron chi connectivity index (χ1n) is 10.9. The number of pyridine rings is 1. The number of benzene rings is 2. The molecule has 0 fully saturated rings. The summed E-state index contributed by atoms with van der Waals surface area (Å²) in [7, 11) is 1.49. The smallest absolute Gasteiger partial charge is 0.422 e. The number of alkyl halides is 3. The molecule has 0 aliphatic heterocycles. The normalized spacial score (nSPS) is 14.6. The van der Waals surface area contributed by atoms with E-state index < -0.39 is 23.6 Å². The van der Waals surface area contributed by atoms with Crippen molar-refractivity contribution in [2.24, 2.45) is 4.99 Å². The Morgan fingerprint density at radius 3 is 2.38 bits per heavy atom. The van der Waals surface area contributed by atoms with E-state index in [0.29, 0.717) is 28.3 Å². The molecule has 0 radical (unpaired) electrons. The Morgan fingerprint density at radius 1 is 1.09 bits per heavy atom. The van der Waals surface area contributed by atoms with Crippen molar-refractivity contribution in [1.82, 2.24) is 4.98 Å². The van der Waals surface area contributed by atoms with Crippen LogP contribution in [0.1, 0.15) is 51.2 Å². The van der Waals surface area contributed by atoms with Crippen LogP contribution >= 0.6 is 0 Å². The first kappa shape index (κ1) is 25.5. The predicted molar refractivity (Wildman–Crippen MR) is 128 cm³/mol. The van der Waals surface area contributed by atoms with Gasteiger partial charge in [-0.25, -0.2) is 0 Å². The Kier molecular flexibility index (Phi) is 6.94. The Balaban J connectivity index is 2.08. The highest BCUT2D eigenvalue weighted by Gasteiger charge is 2.55. The molecular weight excluding hydrogens is 445 g/mol. The van der Waals surface area contributed by atoms with Crippen LogP contribution in [-0.4, -0.2) is 35.2 Å². The Bertz CT molecular complexity index is 1260. The number of methoxy groups -OCH3 is 1. The maximum atomic E-state index is 14.2. The molecule has 3 rings (SSSR count). The molecule has 1 heterocycles. The van der Waals surface area contributed by atoms with E-state index in [1.165, 1.54) is 25.4 Å². The average Bonchev–Trinajstić information content (AvgIpc) is 2.76. The summed E-state index contributed by atoms with van der Waals surface area (Å²) in [6.45, 7) is 7.22. The van der Waals surface area contributed by atoms with Crippen molar-refractivity contribution in [1.29, 1.82) is 0 Å². The van der Waals surface area contributed by atoms with E-state index in [1.807, 2.05) is 19.9 Å². The van der Waals surface area contributed by atoms with Crippen LogP contribution in [0.3, 0.4) is 0 Å². The maximum absolute atomic E-state index is 14.2. The minimum Gasteiger partial charge on any atom is -0.496 e. The number of halogens is 3. The minimum atomic E-state index is -4.99. The summed E-state index contributed by atoms with van der Waals surface area (Å²) in [4.78, 5) is 18.5. The molecule has 0 saturated heterocycles. The van der Waals surface area contributed by atoms with Gasteiger partial charge in [-0.05, 0) is 41.5 Å². The van der Waals surface area contributed by atoms with Crippen LogP contribution in [0.4, 0.5) is 18.9 Å². The van der Waals surface area contributed by atoms with Crippen LogP contribution in [0, 0.1) is 0 Å². The molecule has 1 atom stereocenters. The fourth-order valence-electron chi connectivity index (χ4n) is 4.25. The predicted octanol–water partition coefficient (Wildman–Crippen LogP) is 6.02. The van der Waals surface area contributed by atoms with Gasteiger partial charge in [0.1, 0.15) is 5.75 Å². The second kappa shape index (κ2) is 9.25. The molecule has 8 heteroatoms. The molecule has 0 aliphatic carbocycles. The minimum absolute atomic E-state index is 0.100. The van der Waals surface area contributed by atoms with Crippen molar-refractivity contribution in [3.05, 3.63) is 70.1 Å². The first-order chi connectivity index (χ1) is 15.8. The molecule has 1 aromatic heterocycles. The van der Waals surface area contributed by atoms with Gasteiger partial charge in [0, 0.05) is 28.7 Å². The third kappa shape index (κ3) is 4.87. The number of ether oxygens (including phenoxy) is 1. The molecule has 1 unspecified atom stereocenters. The Morgan fingerprint density at radius 2 is 1.76 bits per heavy atom. The Labute approximate surface area is 196 Å². The monoisotopic (exact) mass is 474 g/mol. The summed E-state index contributed by atoms with van der Waals surface area (Å²) in [5, 5.41) is 11.6. The van der Waals surface area contributed by atoms with Crippen molar-refractivity contribution in [2.45, 2.75) is 57.2 Å². The topological polar surface area (TPSA) is 74.7 Å². The lowest BCUT2D eigenvalue weighted by Gasteiger charge is -2.36. The Hall–Kier alpha value is -3.13.